The lowest BCUT2D eigenvalue weighted by atomic mass is 9.97. The van der Waals surface area contributed by atoms with E-state index in [1.165, 1.54) is 12.1 Å². The first-order chi connectivity index (χ1) is 14.7. The molecule has 2 heterocycles. The first kappa shape index (κ1) is 21.9. The van der Waals surface area contributed by atoms with E-state index in [4.69, 9.17) is 21.1 Å². The zero-order valence-electron chi connectivity index (χ0n) is 17.7. The second kappa shape index (κ2) is 8.67. The molecule has 2 aromatic carbocycles. The van der Waals surface area contributed by atoms with Crippen LogP contribution in [0.5, 0.6) is 11.5 Å². The van der Waals surface area contributed by atoms with Crippen molar-refractivity contribution in [3.63, 3.8) is 0 Å². The quantitative estimate of drug-likeness (QED) is 0.698. The SMILES string of the molecule is CC(C)(O)c1cc(Cl)ccc1OCC(=O)N1C2CCC1CC(Oc1ccc(F)cc1)C2. The summed E-state index contributed by atoms with van der Waals surface area (Å²) < 4.78 is 25.0. The number of hydrogen-bond donors (Lipinski definition) is 1. The molecular formula is C24H27ClFNO4. The molecule has 2 fully saturated rings. The van der Waals surface area contributed by atoms with E-state index in [1.807, 2.05) is 4.90 Å². The molecule has 166 valence electrons. The van der Waals surface area contributed by atoms with Gasteiger partial charge in [0.1, 0.15) is 23.4 Å². The van der Waals surface area contributed by atoms with Crippen molar-refractivity contribution < 1.29 is 23.8 Å². The molecule has 31 heavy (non-hydrogen) atoms. The van der Waals surface area contributed by atoms with Crippen molar-refractivity contribution >= 4 is 17.5 Å². The van der Waals surface area contributed by atoms with Crippen molar-refractivity contribution in [3.05, 3.63) is 58.9 Å². The molecule has 2 atom stereocenters. The van der Waals surface area contributed by atoms with Crippen LogP contribution >= 0.6 is 11.6 Å². The molecule has 4 rings (SSSR count). The highest BCUT2D eigenvalue weighted by molar-refractivity contribution is 6.30. The van der Waals surface area contributed by atoms with Crippen molar-refractivity contribution in [3.8, 4) is 11.5 Å². The fourth-order valence-electron chi connectivity index (χ4n) is 4.66. The average Bonchev–Trinajstić information content (AvgIpc) is 2.98. The minimum atomic E-state index is -1.14. The molecule has 2 aromatic rings. The van der Waals surface area contributed by atoms with Gasteiger partial charge in [-0.1, -0.05) is 11.6 Å². The average molecular weight is 448 g/mol. The molecule has 2 saturated heterocycles. The topological polar surface area (TPSA) is 59.0 Å². The minimum absolute atomic E-state index is 0.00554. The van der Waals surface area contributed by atoms with Crippen LogP contribution in [0.25, 0.3) is 0 Å². The summed E-state index contributed by atoms with van der Waals surface area (Å²) in [6.07, 6.45) is 3.38. The largest absolute Gasteiger partial charge is 0.490 e. The third-order valence-corrected chi connectivity index (χ3v) is 6.28. The van der Waals surface area contributed by atoms with Crippen LogP contribution in [0.2, 0.25) is 5.02 Å². The van der Waals surface area contributed by atoms with Gasteiger partial charge in [-0.2, -0.15) is 0 Å². The number of benzene rings is 2. The van der Waals surface area contributed by atoms with Gasteiger partial charge in [0.15, 0.2) is 6.61 Å². The van der Waals surface area contributed by atoms with Crippen molar-refractivity contribution in [2.45, 2.75) is 63.3 Å². The summed E-state index contributed by atoms with van der Waals surface area (Å²) in [5.74, 6) is 0.744. The molecule has 2 aliphatic heterocycles. The maximum absolute atomic E-state index is 13.1. The van der Waals surface area contributed by atoms with Gasteiger partial charge in [0.05, 0.1) is 5.60 Å². The van der Waals surface area contributed by atoms with Gasteiger partial charge in [0.25, 0.3) is 5.91 Å². The van der Waals surface area contributed by atoms with E-state index < -0.39 is 5.60 Å². The molecule has 5 nitrogen and oxygen atoms in total. The Hall–Kier alpha value is -2.31. The van der Waals surface area contributed by atoms with Gasteiger partial charge >= 0.3 is 0 Å². The van der Waals surface area contributed by atoms with Gasteiger partial charge in [0, 0.05) is 35.5 Å². The maximum Gasteiger partial charge on any atom is 0.261 e. The van der Waals surface area contributed by atoms with E-state index >= 15 is 0 Å². The summed E-state index contributed by atoms with van der Waals surface area (Å²) in [5, 5.41) is 10.9. The maximum atomic E-state index is 13.1. The molecule has 7 heteroatoms. The normalized spacial score (nSPS) is 23.0. The predicted molar refractivity (Wildman–Crippen MR) is 116 cm³/mol. The second-order valence-corrected chi connectivity index (χ2v) is 9.28. The number of amides is 1. The van der Waals surface area contributed by atoms with Crippen LogP contribution in [0, 0.1) is 5.82 Å². The van der Waals surface area contributed by atoms with Crippen LogP contribution in [0.1, 0.15) is 45.1 Å². The van der Waals surface area contributed by atoms with E-state index in [2.05, 4.69) is 0 Å². The molecule has 2 unspecified atom stereocenters. The molecule has 1 N–H and O–H groups in total. The molecule has 0 aliphatic carbocycles. The highest BCUT2D eigenvalue weighted by Gasteiger charge is 2.44. The van der Waals surface area contributed by atoms with Gasteiger partial charge in [-0.3, -0.25) is 4.79 Å². The molecule has 2 bridgehead atoms. The molecule has 1 amide bonds. The molecule has 0 radical (unpaired) electrons. The number of carbonyl (C=O) groups is 1. The van der Waals surface area contributed by atoms with E-state index in [0.717, 1.165) is 25.7 Å². The zero-order valence-corrected chi connectivity index (χ0v) is 18.4. The van der Waals surface area contributed by atoms with Crippen molar-refractivity contribution in [2.24, 2.45) is 0 Å². The first-order valence-corrected chi connectivity index (χ1v) is 11.0. The summed E-state index contributed by atoms with van der Waals surface area (Å²) >= 11 is 6.06. The van der Waals surface area contributed by atoms with E-state index in [9.17, 15) is 14.3 Å². The Kier molecular flexibility index (Phi) is 6.13. The van der Waals surface area contributed by atoms with Gasteiger partial charge in [-0.05, 0) is 69.2 Å². The molecular weight excluding hydrogens is 421 g/mol. The van der Waals surface area contributed by atoms with Crippen LogP contribution in [0.3, 0.4) is 0 Å². The number of fused-ring (bicyclic) bond motifs is 2. The van der Waals surface area contributed by atoms with Gasteiger partial charge in [0.2, 0.25) is 0 Å². The Balaban J connectivity index is 1.38. The summed E-state index contributed by atoms with van der Waals surface area (Å²) in [5.41, 5.74) is -0.597. The number of piperidine rings is 1. The molecule has 0 aromatic heterocycles. The Bertz CT molecular complexity index is 930. The number of carbonyl (C=O) groups excluding carboxylic acids is 1. The number of rotatable bonds is 6. The lowest BCUT2D eigenvalue weighted by Crippen LogP contribution is -2.50. The number of aliphatic hydroxyl groups is 1. The van der Waals surface area contributed by atoms with Gasteiger partial charge in [-0.25, -0.2) is 4.39 Å². The number of halogens is 2. The molecule has 0 spiro atoms. The van der Waals surface area contributed by atoms with Gasteiger partial charge < -0.3 is 19.5 Å². The first-order valence-electron chi connectivity index (χ1n) is 10.6. The highest BCUT2D eigenvalue weighted by atomic mass is 35.5. The predicted octanol–water partition coefficient (Wildman–Crippen LogP) is 4.69. The Labute approximate surface area is 186 Å². The lowest BCUT2D eigenvalue weighted by Gasteiger charge is -2.39. The summed E-state index contributed by atoms with van der Waals surface area (Å²) in [6.45, 7) is 3.21. The third-order valence-electron chi connectivity index (χ3n) is 6.05. The summed E-state index contributed by atoms with van der Waals surface area (Å²) in [6, 6.07) is 11.3. The highest BCUT2D eigenvalue weighted by Crippen LogP contribution is 2.38. The van der Waals surface area contributed by atoms with E-state index in [1.54, 1.807) is 44.2 Å². The number of nitrogens with zero attached hydrogens (tertiary/aromatic N) is 1. The van der Waals surface area contributed by atoms with Crippen LogP contribution in [-0.4, -0.2) is 40.7 Å². The Morgan fingerprint density at radius 1 is 1.16 bits per heavy atom. The van der Waals surface area contributed by atoms with Crippen molar-refractivity contribution in [1.82, 2.24) is 4.90 Å². The third kappa shape index (κ3) is 4.96. The van der Waals surface area contributed by atoms with E-state index in [-0.39, 0.29) is 36.5 Å². The smallest absolute Gasteiger partial charge is 0.261 e. The standard InChI is InChI=1S/C24H27ClFNO4/c1-24(2,29)21-11-15(25)3-10-22(21)30-14-23(28)27-17-6-7-18(27)13-20(12-17)31-19-8-4-16(26)5-9-19/h3-5,8-11,17-18,20,29H,6-7,12-14H2,1-2H3. The lowest BCUT2D eigenvalue weighted by molar-refractivity contribution is -0.139. The molecule has 0 saturated carbocycles. The monoisotopic (exact) mass is 447 g/mol. The zero-order chi connectivity index (χ0) is 22.2. The summed E-state index contributed by atoms with van der Waals surface area (Å²) in [4.78, 5) is 14.9. The minimum Gasteiger partial charge on any atom is -0.490 e. The van der Waals surface area contributed by atoms with Crippen LogP contribution in [0.15, 0.2) is 42.5 Å². The fourth-order valence-corrected chi connectivity index (χ4v) is 4.83. The van der Waals surface area contributed by atoms with Crippen LogP contribution < -0.4 is 9.47 Å². The van der Waals surface area contributed by atoms with Crippen molar-refractivity contribution in [2.75, 3.05) is 6.61 Å². The number of ether oxygens (including phenoxy) is 2. The van der Waals surface area contributed by atoms with Crippen LogP contribution in [-0.2, 0) is 10.4 Å². The molecule has 2 aliphatic rings. The second-order valence-electron chi connectivity index (χ2n) is 8.84. The van der Waals surface area contributed by atoms with E-state index in [0.29, 0.717) is 22.1 Å². The fraction of sp³-hybridized carbons (Fsp3) is 0.458. The summed E-state index contributed by atoms with van der Waals surface area (Å²) in [7, 11) is 0. The van der Waals surface area contributed by atoms with Gasteiger partial charge in [-0.15, -0.1) is 0 Å². The number of hydrogen-bond acceptors (Lipinski definition) is 4. The van der Waals surface area contributed by atoms with Crippen molar-refractivity contribution in [1.29, 1.82) is 0 Å². The Morgan fingerprint density at radius 2 is 1.81 bits per heavy atom. The van der Waals surface area contributed by atoms with Crippen LogP contribution in [0.4, 0.5) is 4.39 Å². The Morgan fingerprint density at radius 3 is 2.42 bits per heavy atom.